The zero-order valence-corrected chi connectivity index (χ0v) is 19.0. The molecule has 3 nitrogen and oxygen atoms in total. The van der Waals surface area contributed by atoms with Crippen molar-refractivity contribution >= 4 is 12.0 Å². The van der Waals surface area contributed by atoms with Crippen molar-refractivity contribution in [1.29, 1.82) is 0 Å². The van der Waals surface area contributed by atoms with E-state index in [2.05, 4.69) is 24.3 Å². The number of unbranched alkanes of at least 4 members (excludes halogenated alkanes) is 12. The van der Waals surface area contributed by atoms with E-state index in [4.69, 9.17) is 0 Å². The maximum atomic E-state index is 11.8. The lowest BCUT2D eigenvalue weighted by Gasteiger charge is -2.08. The first-order valence-corrected chi connectivity index (χ1v) is 11.8. The molecule has 0 saturated carbocycles. The highest BCUT2D eigenvalue weighted by Gasteiger charge is 1.97. The van der Waals surface area contributed by atoms with Gasteiger partial charge in [-0.1, -0.05) is 101 Å². The summed E-state index contributed by atoms with van der Waals surface area (Å²) in [6.45, 7) is 2.02. The third kappa shape index (κ3) is 17.0. The number of benzene rings is 1. The van der Waals surface area contributed by atoms with Gasteiger partial charge in [0.25, 0.3) is 0 Å². The molecule has 0 aliphatic heterocycles. The van der Waals surface area contributed by atoms with Crippen LogP contribution in [0.1, 0.15) is 89.0 Å². The minimum absolute atomic E-state index is 0.00607. The van der Waals surface area contributed by atoms with E-state index in [1.165, 1.54) is 83.6 Å². The lowest BCUT2D eigenvalue weighted by atomic mass is 10.0. The minimum Gasteiger partial charge on any atom is -0.353 e. The van der Waals surface area contributed by atoms with E-state index in [-0.39, 0.29) is 5.91 Å². The fraction of sp³-hybridized carbons (Fsp3) is 0.654. The van der Waals surface area contributed by atoms with Gasteiger partial charge in [0.2, 0.25) is 5.91 Å². The zero-order valence-electron chi connectivity index (χ0n) is 19.0. The summed E-state index contributed by atoms with van der Waals surface area (Å²) in [6, 6.07) is 9.93. The van der Waals surface area contributed by atoms with Gasteiger partial charge in [-0.05, 0) is 45.1 Å². The molecule has 1 N–H and O–H groups in total. The molecule has 0 spiro atoms. The summed E-state index contributed by atoms with van der Waals surface area (Å²) in [5.41, 5.74) is 1.06. The van der Waals surface area contributed by atoms with Crippen LogP contribution in [0.4, 0.5) is 0 Å². The Morgan fingerprint density at radius 3 is 1.76 bits per heavy atom. The van der Waals surface area contributed by atoms with E-state index >= 15 is 0 Å². The predicted molar refractivity (Wildman–Crippen MR) is 127 cm³/mol. The van der Waals surface area contributed by atoms with Crippen molar-refractivity contribution in [2.45, 2.75) is 83.5 Å². The molecular formula is C26H44N2O. The molecule has 0 heterocycles. The fourth-order valence-electron chi connectivity index (χ4n) is 3.50. The van der Waals surface area contributed by atoms with Crippen molar-refractivity contribution < 1.29 is 4.79 Å². The monoisotopic (exact) mass is 400 g/mol. The zero-order chi connectivity index (χ0) is 21.0. The molecular weight excluding hydrogens is 356 g/mol. The Balaban J connectivity index is 1.79. The first kappa shape index (κ1) is 25.4. The van der Waals surface area contributed by atoms with E-state index in [1.54, 1.807) is 6.08 Å². The van der Waals surface area contributed by atoms with E-state index in [9.17, 15) is 4.79 Å². The average Bonchev–Trinajstić information content (AvgIpc) is 2.72. The van der Waals surface area contributed by atoms with Gasteiger partial charge in [-0.2, -0.15) is 0 Å². The molecule has 0 unspecified atom stereocenters. The van der Waals surface area contributed by atoms with E-state index < -0.39 is 0 Å². The second kappa shape index (κ2) is 18.4. The Morgan fingerprint density at radius 2 is 1.24 bits per heavy atom. The number of hydrogen-bond donors (Lipinski definition) is 1. The van der Waals surface area contributed by atoms with Crippen LogP contribution in [0.5, 0.6) is 0 Å². The summed E-state index contributed by atoms with van der Waals surface area (Å²) in [7, 11) is 4.31. The molecule has 0 atom stereocenters. The highest BCUT2D eigenvalue weighted by Crippen LogP contribution is 2.12. The second-order valence-corrected chi connectivity index (χ2v) is 8.43. The van der Waals surface area contributed by atoms with Crippen molar-refractivity contribution in [2.75, 3.05) is 27.2 Å². The van der Waals surface area contributed by atoms with Gasteiger partial charge in [0.15, 0.2) is 0 Å². The maximum absolute atomic E-state index is 11.8. The van der Waals surface area contributed by atoms with Crippen LogP contribution < -0.4 is 5.32 Å². The molecule has 0 bridgehead atoms. The molecule has 29 heavy (non-hydrogen) atoms. The predicted octanol–water partition coefficient (Wildman–Crippen LogP) is 6.45. The molecule has 0 saturated heterocycles. The number of rotatable bonds is 18. The van der Waals surface area contributed by atoms with Crippen LogP contribution in [-0.4, -0.2) is 38.0 Å². The van der Waals surface area contributed by atoms with Gasteiger partial charge in [-0.3, -0.25) is 4.79 Å². The molecule has 0 aromatic heterocycles. The second-order valence-electron chi connectivity index (χ2n) is 8.43. The van der Waals surface area contributed by atoms with E-state index in [0.29, 0.717) is 0 Å². The van der Waals surface area contributed by atoms with Gasteiger partial charge in [0, 0.05) is 12.6 Å². The van der Waals surface area contributed by atoms with Crippen LogP contribution in [-0.2, 0) is 4.79 Å². The number of nitrogens with one attached hydrogen (secondary N) is 1. The Labute approximate surface area is 180 Å². The van der Waals surface area contributed by atoms with Gasteiger partial charge in [0.1, 0.15) is 0 Å². The third-order valence-corrected chi connectivity index (χ3v) is 5.31. The van der Waals surface area contributed by atoms with Crippen molar-refractivity contribution in [3.8, 4) is 0 Å². The summed E-state index contributed by atoms with van der Waals surface area (Å²) in [5.74, 6) is 0.00607. The van der Waals surface area contributed by atoms with Crippen molar-refractivity contribution in [3.63, 3.8) is 0 Å². The molecule has 0 radical (unpaired) electrons. The quantitative estimate of drug-likeness (QED) is 0.227. The standard InChI is InChI=1S/C26H44N2O/c1-28(2)24-18-13-11-9-7-5-3-4-6-8-10-12-17-23-27-26(29)22-21-25-19-15-14-16-20-25/h14-16,19-22H,3-13,17-18,23-24H2,1-2H3,(H,27,29). The van der Waals surface area contributed by atoms with Gasteiger partial charge >= 0.3 is 0 Å². The van der Waals surface area contributed by atoms with E-state index in [1.807, 2.05) is 36.4 Å². The molecule has 0 fully saturated rings. The Kier molecular flexibility index (Phi) is 16.2. The minimum atomic E-state index is 0.00607. The van der Waals surface area contributed by atoms with Gasteiger partial charge in [0.05, 0.1) is 0 Å². The van der Waals surface area contributed by atoms with E-state index in [0.717, 1.165) is 18.5 Å². The molecule has 1 rings (SSSR count). The maximum Gasteiger partial charge on any atom is 0.243 e. The topological polar surface area (TPSA) is 32.3 Å². The van der Waals surface area contributed by atoms with Crippen LogP contribution in [0.25, 0.3) is 6.08 Å². The first-order chi connectivity index (χ1) is 14.2. The van der Waals surface area contributed by atoms with Crippen LogP contribution in [0.2, 0.25) is 0 Å². The lowest BCUT2D eigenvalue weighted by Crippen LogP contribution is -2.21. The van der Waals surface area contributed by atoms with Crippen molar-refractivity contribution in [2.24, 2.45) is 0 Å². The summed E-state index contributed by atoms with van der Waals surface area (Å²) in [6.07, 6.45) is 21.0. The van der Waals surface area contributed by atoms with Crippen LogP contribution in [0.3, 0.4) is 0 Å². The largest absolute Gasteiger partial charge is 0.353 e. The van der Waals surface area contributed by atoms with Gasteiger partial charge in [-0.15, -0.1) is 0 Å². The highest BCUT2D eigenvalue weighted by atomic mass is 16.1. The number of carbonyl (C=O) groups is 1. The smallest absolute Gasteiger partial charge is 0.243 e. The summed E-state index contributed by atoms with van der Waals surface area (Å²) >= 11 is 0. The number of amides is 1. The van der Waals surface area contributed by atoms with Crippen molar-refractivity contribution in [3.05, 3.63) is 42.0 Å². The molecule has 0 aliphatic rings. The highest BCUT2D eigenvalue weighted by molar-refractivity contribution is 5.91. The molecule has 3 heteroatoms. The Bertz CT molecular complexity index is 525. The summed E-state index contributed by atoms with van der Waals surface area (Å²) < 4.78 is 0. The molecule has 1 aromatic rings. The molecule has 1 aromatic carbocycles. The Morgan fingerprint density at radius 1 is 0.759 bits per heavy atom. The number of nitrogens with zero attached hydrogens (tertiary/aromatic N) is 1. The lowest BCUT2D eigenvalue weighted by molar-refractivity contribution is -0.116. The number of carbonyl (C=O) groups excluding carboxylic acids is 1. The van der Waals surface area contributed by atoms with Crippen LogP contribution >= 0.6 is 0 Å². The van der Waals surface area contributed by atoms with Crippen molar-refractivity contribution in [1.82, 2.24) is 10.2 Å². The van der Waals surface area contributed by atoms with Crippen LogP contribution in [0.15, 0.2) is 36.4 Å². The summed E-state index contributed by atoms with van der Waals surface area (Å²) in [5, 5.41) is 2.97. The van der Waals surface area contributed by atoms with Gasteiger partial charge in [-0.25, -0.2) is 0 Å². The molecule has 1 amide bonds. The van der Waals surface area contributed by atoms with Gasteiger partial charge < -0.3 is 10.2 Å². The fourth-order valence-corrected chi connectivity index (χ4v) is 3.50. The SMILES string of the molecule is CN(C)CCCCCCCCCCCCCCCNC(=O)C=Cc1ccccc1. The van der Waals surface area contributed by atoms with Crippen LogP contribution in [0, 0.1) is 0 Å². The third-order valence-electron chi connectivity index (χ3n) is 5.31. The average molecular weight is 401 g/mol. The number of hydrogen-bond acceptors (Lipinski definition) is 2. The normalized spacial score (nSPS) is 11.4. The summed E-state index contributed by atoms with van der Waals surface area (Å²) in [4.78, 5) is 14.1. The first-order valence-electron chi connectivity index (χ1n) is 11.8. The molecule has 164 valence electrons. The molecule has 0 aliphatic carbocycles. The Hall–Kier alpha value is -1.61.